The molecule has 7 heteroatoms. The second-order valence-electron chi connectivity index (χ2n) is 3.74. The van der Waals surface area contributed by atoms with Crippen LogP contribution in [-0.4, -0.2) is 45.4 Å². The first-order valence-electron chi connectivity index (χ1n) is 5.46. The minimum Gasteiger partial charge on any atom is -0.504 e. The molecule has 0 bridgehead atoms. The van der Waals surface area contributed by atoms with Crippen LogP contribution in [0.4, 0.5) is 0 Å². The molecule has 1 aromatic carbocycles. The molecule has 0 saturated heterocycles. The Morgan fingerprint density at radius 1 is 1.42 bits per heavy atom. The molecule has 2 atom stereocenters. The molecule has 0 aliphatic rings. The van der Waals surface area contributed by atoms with Crippen LogP contribution in [0.1, 0.15) is 28.9 Å². The number of carbonyl (C=O) groups is 2. The van der Waals surface area contributed by atoms with Gasteiger partial charge in [0.15, 0.2) is 17.6 Å². The molecule has 0 spiro atoms. The van der Waals surface area contributed by atoms with Gasteiger partial charge in [0.1, 0.15) is 12.4 Å². The summed E-state index contributed by atoms with van der Waals surface area (Å²) in [6.07, 6.45) is -3.55. The van der Waals surface area contributed by atoms with Crippen molar-refractivity contribution in [3.8, 4) is 11.5 Å². The van der Waals surface area contributed by atoms with Crippen LogP contribution in [0.3, 0.4) is 0 Å². The van der Waals surface area contributed by atoms with Crippen molar-refractivity contribution in [3.63, 3.8) is 0 Å². The van der Waals surface area contributed by atoms with Crippen LogP contribution < -0.4 is 4.74 Å². The number of hydrogen-bond acceptors (Lipinski definition) is 6. The topological polar surface area (TPSA) is 124 Å². The molecule has 0 heterocycles. The van der Waals surface area contributed by atoms with Crippen LogP contribution in [0.2, 0.25) is 0 Å². The van der Waals surface area contributed by atoms with Crippen LogP contribution in [0, 0.1) is 0 Å². The van der Waals surface area contributed by atoms with Gasteiger partial charge in [0, 0.05) is 11.1 Å². The van der Waals surface area contributed by atoms with Gasteiger partial charge in [-0.05, 0) is 19.1 Å². The van der Waals surface area contributed by atoms with Gasteiger partial charge in [0.25, 0.3) is 0 Å². The summed E-state index contributed by atoms with van der Waals surface area (Å²) in [6.45, 7) is 1.85. The number of ether oxygens (including phenoxy) is 1. The molecule has 4 N–H and O–H groups in total. The minimum absolute atomic E-state index is 0.0706. The van der Waals surface area contributed by atoms with Crippen molar-refractivity contribution >= 4 is 12.3 Å². The van der Waals surface area contributed by atoms with E-state index >= 15 is 0 Å². The predicted octanol–water partition coefficient (Wildman–Crippen LogP) is 0.0823. The van der Waals surface area contributed by atoms with E-state index in [-0.39, 0.29) is 23.5 Å². The van der Waals surface area contributed by atoms with Crippen molar-refractivity contribution in [1.82, 2.24) is 0 Å². The normalized spacial score (nSPS) is 13.6. The minimum atomic E-state index is -2.12. The van der Waals surface area contributed by atoms with Crippen molar-refractivity contribution < 1.29 is 34.8 Å². The van der Waals surface area contributed by atoms with Crippen LogP contribution >= 0.6 is 0 Å². The number of aldehydes is 1. The van der Waals surface area contributed by atoms with Gasteiger partial charge in [-0.1, -0.05) is 0 Å². The molecule has 7 nitrogen and oxygen atoms in total. The van der Waals surface area contributed by atoms with Crippen LogP contribution in [0.15, 0.2) is 12.1 Å². The first-order valence-corrected chi connectivity index (χ1v) is 5.46. The maximum Gasteiger partial charge on any atom is 0.335 e. The largest absolute Gasteiger partial charge is 0.504 e. The highest BCUT2D eigenvalue weighted by atomic mass is 16.5. The molecule has 2 unspecified atom stereocenters. The lowest BCUT2D eigenvalue weighted by Crippen LogP contribution is -2.27. The third-order valence-corrected chi connectivity index (χ3v) is 2.43. The van der Waals surface area contributed by atoms with Crippen LogP contribution in [0.5, 0.6) is 11.5 Å². The highest BCUT2D eigenvalue weighted by Gasteiger charge is 2.29. The van der Waals surface area contributed by atoms with E-state index in [4.69, 9.17) is 9.84 Å². The summed E-state index contributed by atoms with van der Waals surface area (Å²) in [6, 6.07) is 2.33. The molecule has 0 aliphatic carbocycles. The number of rotatable bonds is 6. The second-order valence-corrected chi connectivity index (χ2v) is 3.74. The molecule has 0 aromatic heterocycles. The van der Waals surface area contributed by atoms with Gasteiger partial charge in [-0.2, -0.15) is 0 Å². The highest BCUT2D eigenvalue weighted by Crippen LogP contribution is 2.36. The number of phenolic OH excluding ortho intramolecular Hbond substituents is 1. The number of phenols is 1. The molecule has 19 heavy (non-hydrogen) atoms. The SMILES string of the molecule is CCOc1cc(C=O)cc(C(O)C(O)C(=O)O)c1O. The van der Waals surface area contributed by atoms with E-state index in [0.29, 0.717) is 6.29 Å². The number of carbonyl (C=O) groups excluding carboxylic acids is 1. The Balaban J connectivity index is 3.28. The monoisotopic (exact) mass is 270 g/mol. The zero-order chi connectivity index (χ0) is 14.6. The average molecular weight is 270 g/mol. The summed E-state index contributed by atoms with van der Waals surface area (Å²) >= 11 is 0. The number of carboxylic acid groups (broad SMARTS) is 1. The molecule has 0 fully saturated rings. The van der Waals surface area contributed by atoms with Crippen molar-refractivity contribution in [3.05, 3.63) is 23.3 Å². The summed E-state index contributed by atoms with van der Waals surface area (Å²) in [4.78, 5) is 21.4. The Morgan fingerprint density at radius 2 is 2.05 bits per heavy atom. The van der Waals surface area contributed by atoms with E-state index in [1.807, 2.05) is 0 Å². The maximum atomic E-state index is 10.8. The Kier molecular flexibility index (Phi) is 4.85. The van der Waals surface area contributed by atoms with Gasteiger partial charge in [0.2, 0.25) is 0 Å². The van der Waals surface area contributed by atoms with Crippen molar-refractivity contribution in [1.29, 1.82) is 0 Å². The molecular weight excluding hydrogens is 256 g/mol. The van der Waals surface area contributed by atoms with Crippen molar-refractivity contribution in [2.45, 2.75) is 19.1 Å². The molecule has 1 rings (SSSR count). The fourth-order valence-corrected chi connectivity index (χ4v) is 1.52. The zero-order valence-corrected chi connectivity index (χ0v) is 10.1. The van der Waals surface area contributed by atoms with E-state index in [1.165, 1.54) is 6.07 Å². The molecule has 0 amide bonds. The maximum absolute atomic E-state index is 10.8. The smallest absolute Gasteiger partial charge is 0.335 e. The molecule has 104 valence electrons. The summed E-state index contributed by atoms with van der Waals surface area (Å²) in [5.74, 6) is -2.24. The zero-order valence-electron chi connectivity index (χ0n) is 10.1. The first kappa shape index (κ1) is 14.9. The number of benzene rings is 1. The number of aliphatic carboxylic acids is 1. The van der Waals surface area contributed by atoms with E-state index in [0.717, 1.165) is 6.07 Å². The van der Waals surface area contributed by atoms with Crippen LogP contribution in [-0.2, 0) is 4.79 Å². The lowest BCUT2D eigenvalue weighted by molar-refractivity contribution is -0.153. The van der Waals surface area contributed by atoms with Gasteiger partial charge < -0.3 is 25.2 Å². The van der Waals surface area contributed by atoms with Crippen LogP contribution in [0.25, 0.3) is 0 Å². The fourth-order valence-electron chi connectivity index (χ4n) is 1.52. The van der Waals surface area contributed by atoms with Crippen molar-refractivity contribution in [2.24, 2.45) is 0 Å². The van der Waals surface area contributed by atoms with E-state index in [2.05, 4.69) is 0 Å². The number of hydrogen-bond donors (Lipinski definition) is 4. The molecule has 1 aromatic rings. The lowest BCUT2D eigenvalue weighted by atomic mass is 10.0. The Morgan fingerprint density at radius 3 is 2.53 bits per heavy atom. The van der Waals surface area contributed by atoms with Crippen molar-refractivity contribution in [2.75, 3.05) is 6.61 Å². The number of aliphatic hydroxyl groups excluding tert-OH is 2. The van der Waals surface area contributed by atoms with E-state index < -0.39 is 23.9 Å². The quantitative estimate of drug-likeness (QED) is 0.539. The summed E-state index contributed by atoms with van der Waals surface area (Å²) in [5.41, 5.74) is -0.212. The summed E-state index contributed by atoms with van der Waals surface area (Å²) in [7, 11) is 0. The van der Waals surface area contributed by atoms with Gasteiger partial charge in [-0.3, -0.25) is 4.79 Å². The summed E-state index contributed by atoms with van der Waals surface area (Å²) in [5, 5.41) is 37.4. The molecule has 0 radical (unpaired) electrons. The van der Waals surface area contributed by atoms with Gasteiger partial charge in [0.05, 0.1) is 6.61 Å². The Labute approximate surface area is 108 Å². The summed E-state index contributed by atoms with van der Waals surface area (Å²) < 4.78 is 5.06. The van der Waals surface area contributed by atoms with E-state index in [1.54, 1.807) is 6.92 Å². The fraction of sp³-hybridized carbons (Fsp3) is 0.333. The average Bonchev–Trinajstić information content (AvgIpc) is 2.39. The third-order valence-electron chi connectivity index (χ3n) is 2.43. The highest BCUT2D eigenvalue weighted by molar-refractivity contribution is 5.78. The second kappa shape index (κ2) is 6.17. The molecule has 0 aliphatic heterocycles. The standard InChI is InChI=1S/C12H14O7/c1-2-19-8-4-6(5-13)3-7(9(8)14)10(15)11(16)12(17)18/h3-5,10-11,14-16H,2H2,1H3,(H,17,18). The number of aromatic hydroxyl groups is 1. The predicted molar refractivity (Wildman–Crippen MR) is 63.3 cm³/mol. The van der Waals surface area contributed by atoms with Gasteiger partial charge >= 0.3 is 5.97 Å². The number of carboxylic acids is 1. The molecule has 0 saturated carbocycles. The van der Waals surface area contributed by atoms with Gasteiger partial charge in [-0.25, -0.2) is 4.79 Å². The first-order chi connectivity index (χ1) is 8.92. The Hall–Kier alpha value is -2.12. The third kappa shape index (κ3) is 3.21. The molecular formula is C12H14O7. The lowest BCUT2D eigenvalue weighted by Gasteiger charge is -2.18. The van der Waals surface area contributed by atoms with E-state index in [9.17, 15) is 24.9 Å². The Bertz CT molecular complexity index is 483. The van der Waals surface area contributed by atoms with Gasteiger partial charge in [-0.15, -0.1) is 0 Å². The number of aliphatic hydroxyl groups is 2.